The van der Waals surface area contributed by atoms with Crippen LogP contribution >= 0.6 is 11.6 Å². The Hall–Kier alpha value is -2.28. The molecular weight excluding hydrogens is 332 g/mol. The van der Waals surface area contributed by atoms with Gasteiger partial charge in [0.05, 0.1) is 16.7 Å². The van der Waals surface area contributed by atoms with Crippen molar-refractivity contribution in [3.8, 4) is 5.75 Å². The molecule has 2 aromatic rings. The standard InChI is InChI=1S/C16H19ClN4O3/c1-10(2)24-15-11(3)20-7-6-19(16(20)14(15)21(22)23)9-12-4-5-13(17)18-8-12/h4-5,8,10H,6-7,9H2,1-3H3. The largest absolute Gasteiger partial charge is 0.483 e. The number of rotatable bonds is 5. The van der Waals surface area contributed by atoms with Crippen molar-refractivity contribution in [3.63, 3.8) is 0 Å². The van der Waals surface area contributed by atoms with Crippen LogP contribution in [0.3, 0.4) is 0 Å². The summed E-state index contributed by atoms with van der Waals surface area (Å²) >= 11 is 5.81. The van der Waals surface area contributed by atoms with E-state index in [-0.39, 0.29) is 16.7 Å². The van der Waals surface area contributed by atoms with Crippen LogP contribution in [-0.4, -0.2) is 27.1 Å². The Bertz CT molecular complexity index is 771. The monoisotopic (exact) mass is 350 g/mol. The minimum Gasteiger partial charge on any atom is -0.483 e. The van der Waals surface area contributed by atoms with E-state index >= 15 is 0 Å². The van der Waals surface area contributed by atoms with Crippen LogP contribution in [-0.2, 0) is 13.1 Å². The van der Waals surface area contributed by atoms with Gasteiger partial charge in [0.1, 0.15) is 5.15 Å². The third-order valence-corrected chi connectivity index (χ3v) is 4.23. The molecule has 1 aliphatic heterocycles. The van der Waals surface area contributed by atoms with Crippen molar-refractivity contribution in [1.82, 2.24) is 9.55 Å². The molecule has 7 nitrogen and oxygen atoms in total. The molecule has 0 bridgehead atoms. The predicted molar refractivity (Wildman–Crippen MR) is 91.9 cm³/mol. The lowest BCUT2D eigenvalue weighted by Crippen LogP contribution is -2.20. The van der Waals surface area contributed by atoms with E-state index in [0.29, 0.717) is 36.4 Å². The van der Waals surface area contributed by atoms with Crippen molar-refractivity contribution < 1.29 is 9.66 Å². The van der Waals surface area contributed by atoms with Gasteiger partial charge in [-0.2, -0.15) is 0 Å². The van der Waals surface area contributed by atoms with Gasteiger partial charge in [-0.3, -0.25) is 10.1 Å². The second-order valence-corrected chi connectivity index (χ2v) is 6.46. The lowest BCUT2D eigenvalue weighted by atomic mass is 10.2. The third kappa shape index (κ3) is 2.91. The second-order valence-electron chi connectivity index (χ2n) is 6.07. The molecule has 0 unspecified atom stereocenters. The maximum absolute atomic E-state index is 11.7. The average molecular weight is 351 g/mol. The van der Waals surface area contributed by atoms with Gasteiger partial charge in [-0.25, -0.2) is 4.98 Å². The van der Waals surface area contributed by atoms with Crippen molar-refractivity contribution in [2.24, 2.45) is 0 Å². The number of hydrogen-bond donors (Lipinski definition) is 0. The summed E-state index contributed by atoms with van der Waals surface area (Å²) in [5.74, 6) is 0.965. The van der Waals surface area contributed by atoms with E-state index in [1.54, 1.807) is 12.3 Å². The minimum atomic E-state index is -0.352. The Labute approximate surface area is 145 Å². The number of hydrogen-bond acceptors (Lipinski definition) is 5. The van der Waals surface area contributed by atoms with Gasteiger partial charge in [0.15, 0.2) is 5.82 Å². The van der Waals surface area contributed by atoms with E-state index < -0.39 is 0 Å². The number of fused-ring (bicyclic) bond motifs is 1. The zero-order valence-corrected chi connectivity index (χ0v) is 14.6. The number of nitrogens with zero attached hydrogens (tertiary/aromatic N) is 4. The van der Waals surface area contributed by atoms with Crippen LogP contribution < -0.4 is 9.64 Å². The van der Waals surface area contributed by atoms with Crippen LogP contribution in [0.25, 0.3) is 0 Å². The summed E-state index contributed by atoms with van der Waals surface area (Å²) in [5, 5.41) is 12.1. The Morgan fingerprint density at radius 2 is 2.17 bits per heavy atom. The van der Waals surface area contributed by atoms with E-state index in [4.69, 9.17) is 16.3 Å². The van der Waals surface area contributed by atoms with E-state index in [9.17, 15) is 10.1 Å². The van der Waals surface area contributed by atoms with Crippen LogP contribution in [0.4, 0.5) is 11.5 Å². The van der Waals surface area contributed by atoms with Crippen LogP contribution in [0, 0.1) is 17.0 Å². The summed E-state index contributed by atoms with van der Waals surface area (Å²) in [5.41, 5.74) is 1.79. The normalized spacial score (nSPS) is 13.5. The molecule has 0 N–H and O–H groups in total. The Kier molecular flexibility index (Phi) is 4.36. The van der Waals surface area contributed by atoms with E-state index in [2.05, 4.69) is 4.98 Å². The number of pyridine rings is 1. The van der Waals surface area contributed by atoms with E-state index in [1.807, 2.05) is 36.3 Å². The molecule has 0 aromatic carbocycles. The van der Waals surface area contributed by atoms with Gasteiger partial charge < -0.3 is 14.2 Å². The molecule has 0 fully saturated rings. The Balaban J connectivity index is 1.99. The van der Waals surface area contributed by atoms with Gasteiger partial charge in [0, 0.05) is 25.8 Å². The molecule has 0 atom stereocenters. The Morgan fingerprint density at radius 1 is 1.42 bits per heavy atom. The van der Waals surface area contributed by atoms with Crippen LogP contribution in [0.5, 0.6) is 5.75 Å². The van der Waals surface area contributed by atoms with Crippen molar-refractivity contribution >= 4 is 23.1 Å². The van der Waals surface area contributed by atoms with Gasteiger partial charge in [0.25, 0.3) is 0 Å². The highest BCUT2D eigenvalue weighted by atomic mass is 35.5. The van der Waals surface area contributed by atoms with Crippen LogP contribution in [0.2, 0.25) is 5.15 Å². The highest BCUT2D eigenvalue weighted by Crippen LogP contribution is 2.46. The molecule has 0 saturated carbocycles. The number of halogens is 1. The zero-order valence-electron chi connectivity index (χ0n) is 13.8. The number of ether oxygens (including phenoxy) is 1. The summed E-state index contributed by atoms with van der Waals surface area (Å²) < 4.78 is 7.69. The number of nitro groups is 1. The Morgan fingerprint density at radius 3 is 2.75 bits per heavy atom. The quantitative estimate of drug-likeness (QED) is 0.468. The van der Waals surface area contributed by atoms with Gasteiger partial charge in [0.2, 0.25) is 5.75 Å². The summed E-state index contributed by atoms with van der Waals surface area (Å²) in [7, 11) is 0. The third-order valence-electron chi connectivity index (χ3n) is 4.01. The predicted octanol–water partition coefficient (Wildman–Crippen LogP) is 3.56. The molecule has 3 rings (SSSR count). The molecule has 3 heterocycles. The van der Waals surface area contributed by atoms with Crippen molar-refractivity contribution in [3.05, 3.63) is 44.9 Å². The smallest absolute Gasteiger partial charge is 0.353 e. The summed E-state index contributed by atoms with van der Waals surface area (Å²) in [6.07, 6.45) is 1.57. The van der Waals surface area contributed by atoms with Crippen LogP contribution in [0.1, 0.15) is 25.1 Å². The lowest BCUT2D eigenvalue weighted by Gasteiger charge is -2.17. The van der Waals surface area contributed by atoms with E-state index in [0.717, 1.165) is 11.3 Å². The summed E-state index contributed by atoms with van der Waals surface area (Å²) in [6.45, 7) is 7.54. The maximum atomic E-state index is 11.7. The maximum Gasteiger partial charge on any atom is 0.353 e. The molecular formula is C16H19ClN4O3. The second kappa shape index (κ2) is 6.32. The highest BCUT2D eigenvalue weighted by molar-refractivity contribution is 6.29. The lowest BCUT2D eigenvalue weighted by molar-refractivity contribution is -0.385. The fourth-order valence-electron chi connectivity index (χ4n) is 3.02. The van der Waals surface area contributed by atoms with Gasteiger partial charge in [-0.05, 0) is 32.4 Å². The van der Waals surface area contributed by atoms with Crippen molar-refractivity contribution in [1.29, 1.82) is 0 Å². The molecule has 0 radical (unpaired) electrons. The van der Waals surface area contributed by atoms with E-state index in [1.165, 1.54) is 0 Å². The van der Waals surface area contributed by atoms with Crippen molar-refractivity contribution in [2.75, 3.05) is 11.4 Å². The molecule has 0 aliphatic carbocycles. The van der Waals surface area contributed by atoms with Gasteiger partial charge in [-0.1, -0.05) is 17.7 Å². The molecule has 128 valence electrons. The summed E-state index contributed by atoms with van der Waals surface area (Å²) in [4.78, 5) is 17.4. The van der Waals surface area contributed by atoms with Gasteiger partial charge >= 0.3 is 5.69 Å². The first-order valence-electron chi connectivity index (χ1n) is 7.78. The fourth-order valence-corrected chi connectivity index (χ4v) is 3.13. The first-order chi connectivity index (χ1) is 11.4. The molecule has 0 saturated heterocycles. The topological polar surface area (TPSA) is 73.4 Å². The molecule has 8 heteroatoms. The minimum absolute atomic E-state index is 0.0422. The molecule has 0 amide bonds. The molecule has 24 heavy (non-hydrogen) atoms. The SMILES string of the molecule is Cc1c(OC(C)C)c([N+](=O)[O-])c2n1CCN2Cc1ccc(Cl)nc1. The first-order valence-corrected chi connectivity index (χ1v) is 8.15. The molecule has 0 spiro atoms. The molecule has 1 aliphatic rings. The number of aromatic nitrogens is 2. The summed E-state index contributed by atoms with van der Waals surface area (Å²) in [6, 6.07) is 3.60. The number of anilines is 1. The average Bonchev–Trinajstić information content (AvgIpc) is 3.02. The zero-order chi connectivity index (χ0) is 17.4. The molecule has 2 aromatic heterocycles. The van der Waals surface area contributed by atoms with Gasteiger partial charge in [-0.15, -0.1) is 0 Å². The van der Waals surface area contributed by atoms with Crippen LogP contribution in [0.15, 0.2) is 18.3 Å². The fraction of sp³-hybridized carbons (Fsp3) is 0.438. The van der Waals surface area contributed by atoms with Crippen molar-refractivity contribution in [2.45, 2.75) is 40.0 Å². The highest BCUT2D eigenvalue weighted by Gasteiger charge is 2.37. The first kappa shape index (κ1) is 16.6.